The predicted octanol–water partition coefficient (Wildman–Crippen LogP) is 3.15. The molecule has 5 nitrogen and oxygen atoms in total. The summed E-state index contributed by atoms with van der Waals surface area (Å²) in [7, 11) is 0. The summed E-state index contributed by atoms with van der Waals surface area (Å²) in [6, 6.07) is 12.0. The molecule has 0 bridgehead atoms. The molecule has 1 aliphatic rings. The standard InChI is InChI=1S/C19H17BrN4O/c20-15-3-1-13(2-4-15)11-24-10-7-17-16(12-24)19(25)23-18(22-17)14-5-8-21-9-6-14/h1-6,8-9H,7,10-12H2,(H,22,23,25). The number of H-pyrrole nitrogens is 1. The fourth-order valence-electron chi connectivity index (χ4n) is 3.11. The summed E-state index contributed by atoms with van der Waals surface area (Å²) in [4.78, 5) is 26.4. The van der Waals surface area contributed by atoms with Gasteiger partial charge in [-0.25, -0.2) is 4.98 Å². The molecule has 0 unspecified atom stereocenters. The number of benzene rings is 1. The number of fused-ring (bicyclic) bond motifs is 1. The third kappa shape index (κ3) is 3.55. The first-order chi connectivity index (χ1) is 12.2. The summed E-state index contributed by atoms with van der Waals surface area (Å²) in [5.74, 6) is 0.618. The molecule has 0 spiro atoms. The summed E-state index contributed by atoms with van der Waals surface area (Å²) >= 11 is 3.46. The summed E-state index contributed by atoms with van der Waals surface area (Å²) < 4.78 is 1.07. The van der Waals surface area contributed by atoms with Crippen LogP contribution >= 0.6 is 15.9 Å². The van der Waals surface area contributed by atoms with Crippen molar-refractivity contribution in [1.29, 1.82) is 0 Å². The Morgan fingerprint density at radius 2 is 1.88 bits per heavy atom. The maximum absolute atomic E-state index is 12.6. The molecule has 0 saturated heterocycles. The van der Waals surface area contributed by atoms with Crippen LogP contribution in [0.4, 0.5) is 0 Å². The molecule has 6 heteroatoms. The van der Waals surface area contributed by atoms with Gasteiger partial charge >= 0.3 is 0 Å². The second kappa shape index (κ2) is 6.90. The lowest BCUT2D eigenvalue weighted by molar-refractivity contribution is 0.242. The first-order valence-electron chi connectivity index (χ1n) is 8.18. The molecule has 3 aromatic rings. The molecule has 0 radical (unpaired) electrons. The van der Waals surface area contributed by atoms with Gasteiger partial charge in [0.1, 0.15) is 5.82 Å². The van der Waals surface area contributed by atoms with Gasteiger partial charge in [-0.3, -0.25) is 14.7 Å². The van der Waals surface area contributed by atoms with Gasteiger partial charge in [0.25, 0.3) is 5.56 Å². The van der Waals surface area contributed by atoms with E-state index in [1.54, 1.807) is 12.4 Å². The Hall–Kier alpha value is -2.31. The van der Waals surface area contributed by atoms with E-state index < -0.39 is 0 Å². The minimum absolute atomic E-state index is 0.0441. The Bertz CT molecular complexity index is 938. The van der Waals surface area contributed by atoms with E-state index in [1.165, 1.54) is 5.56 Å². The Balaban J connectivity index is 1.57. The molecule has 4 rings (SSSR count). The molecule has 0 aliphatic carbocycles. The van der Waals surface area contributed by atoms with Crippen molar-refractivity contribution in [3.8, 4) is 11.4 Å². The van der Waals surface area contributed by atoms with E-state index in [-0.39, 0.29) is 5.56 Å². The second-order valence-corrected chi connectivity index (χ2v) is 7.08. The van der Waals surface area contributed by atoms with Crippen molar-refractivity contribution >= 4 is 15.9 Å². The fourth-order valence-corrected chi connectivity index (χ4v) is 3.37. The van der Waals surface area contributed by atoms with E-state index in [0.717, 1.165) is 40.8 Å². The van der Waals surface area contributed by atoms with E-state index >= 15 is 0 Å². The average Bonchev–Trinajstić information content (AvgIpc) is 2.65. The van der Waals surface area contributed by atoms with Crippen molar-refractivity contribution in [2.24, 2.45) is 0 Å². The molecule has 3 heterocycles. The van der Waals surface area contributed by atoms with E-state index in [0.29, 0.717) is 12.4 Å². The summed E-state index contributed by atoms with van der Waals surface area (Å²) in [5, 5.41) is 0. The van der Waals surface area contributed by atoms with Crippen molar-refractivity contribution in [3.63, 3.8) is 0 Å². The third-order valence-corrected chi connectivity index (χ3v) is 4.95. The zero-order valence-corrected chi connectivity index (χ0v) is 15.2. The van der Waals surface area contributed by atoms with Gasteiger partial charge in [0.15, 0.2) is 0 Å². The lowest BCUT2D eigenvalue weighted by Gasteiger charge is -2.27. The zero-order chi connectivity index (χ0) is 17.2. The molecule has 1 aliphatic heterocycles. The zero-order valence-electron chi connectivity index (χ0n) is 13.6. The van der Waals surface area contributed by atoms with Crippen LogP contribution in [0.5, 0.6) is 0 Å². The molecule has 0 atom stereocenters. The Kier molecular flexibility index (Phi) is 4.46. The van der Waals surface area contributed by atoms with Gasteiger partial charge in [-0.15, -0.1) is 0 Å². The second-order valence-electron chi connectivity index (χ2n) is 6.16. The molecule has 2 aromatic heterocycles. The van der Waals surface area contributed by atoms with Crippen molar-refractivity contribution in [3.05, 3.63) is 80.4 Å². The average molecular weight is 397 g/mol. The van der Waals surface area contributed by atoms with Gasteiger partial charge in [0, 0.05) is 48.5 Å². The normalized spacial score (nSPS) is 14.3. The highest BCUT2D eigenvalue weighted by Gasteiger charge is 2.21. The van der Waals surface area contributed by atoms with Gasteiger partial charge in [-0.2, -0.15) is 0 Å². The lowest BCUT2D eigenvalue weighted by atomic mass is 10.1. The molecular weight excluding hydrogens is 380 g/mol. The van der Waals surface area contributed by atoms with Gasteiger partial charge < -0.3 is 4.98 Å². The van der Waals surface area contributed by atoms with Crippen molar-refractivity contribution in [1.82, 2.24) is 19.9 Å². The molecule has 0 fully saturated rings. The van der Waals surface area contributed by atoms with Crippen LogP contribution in [0.25, 0.3) is 11.4 Å². The highest BCUT2D eigenvalue weighted by molar-refractivity contribution is 9.10. The highest BCUT2D eigenvalue weighted by atomic mass is 79.9. The Morgan fingerprint density at radius 3 is 2.64 bits per heavy atom. The fraction of sp³-hybridized carbons (Fsp3) is 0.211. The minimum Gasteiger partial charge on any atom is -0.306 e. The minimum atomic E-state index is -0.0441. The van der Waals surface area contributed by atoms with Crippen LogP contribution in [-0.4, -0.2) is 26.4 Å². The maximum Gasteiger partial charge on any atom is 0.255 e. The van der Waals surface area contributed by atoms with Gasteiger partial charge in [0.05, 0.1) is 11.3 Å². The largest absolute Gasteiger partial charge is 0.306 e. The van der Waals surface area contributed by atoms with E-state index in [4.69, 9.17) is 0 Å². The first-order valence-corrected chi connectivity index (χ1v) is 8.97. The number of halogens is 1. The van der Waals surface area contributed by atoms with Crippen LogP contribution in [0, 0.1) is 0 Å². The van der Waals surface area contributed by atoms with Crippen LogP contribution < -0.4 is 5.56 Å². The number of nitrogens with one attached hydrogen (secondary N) is 1. The van der Waals surface area contributed by atoms with Crippen LogP contribution in [0.1, 0.15) is 16.8 Å². The van der Waals surface area contributed by atoms with Crippen molar-refractivity contribution < 1.29 is 0 Å². The number of aromatic amines is 1. The number of hydrogen-bond donors (Lipinski definition) is 1. The van der Waals surface area contributed by atoms with Crippen LogP contribution in [0.3, 0.4) is 0 Å². The smallest absolute Gasteiger partial charge is 0.255 e. The van der Waals surface area contributed by atoms with E-state index in [1.807, 2.05) is 24.3 Å². The van der Waals surface area contributed by atoms with E-state index in [2.05, 4.69) is 47.9 Å². The predicted molar refractivity (Wildman–Crippen MR) is 100 cm³/mol. The number of rotatable bonds is 3. The monoisotopic (exact) mass is 396 g/mol. The Morgan fingerprint density at radius 1 is 1.12 bits per heavy atom. The molecule has 25 heavy (non-hydrogen) atoms. The summed E-state index contributed by atoms with van der Waals surface area (Å²) in [6.07, 6.45) is 4.19. The van der Waals surface area contributed by atoms with Crippen molar-refractivity contribution in [2.75, 3.05) is 6.54 Å². The molecule has 1 N–H and O–H groups in total. The van der Waals surface area contributed by atoms with Crippen LogP contribution in [0.2, 0.25) is 0 Å². The highest BCUT2D eigenvalue weighted by Crippen LogP contribution is 2.20. The lowest BCUT2D eigenvalue weighted by Crippen LogP contribution is -2.35. The topological polar surface area (TPSA) is 61.9 Å². The van der Waals surface area contributed by atoms with Crippen LogP contribution in [-0.2, 0) is 19.5 Å². The molecule has 126 valence electrons. The van der Waals surface area contributed by atoms with Gasteiger partial charge in [-0.1, -0.05) is 28.1 Å². The Labute approximate surface area is 153 Å². The van der Waals surface area contributed by atoms with Gasteiger partial charge in [-0.05, 0) is 29.8 Å². The molecule has 0 amide bonds. The number of aromatic nitrogens is 3. The van der Waals surface area contributed by atoms with E-state index in [9.17, 15) is 4.79 Å². The maximum atomic E-state index is 12.6. The number of hydrogen-bond acceptors (Lipinski definition) is 4. The SMILES string of the molecule is O=c1[nH]c(-c2ccncc2)nc2c1CN(Cc1ccc(Br)cc1)CC2. The quantitative estimate of drug-likeness (QED) is 0.738. The molecule has 0 saturated carbocycles. The number of nitrogens with zero attached hydrogens (tertiary/aromatic N) is 3. The first kappa shape index (κ1) is 16.2. The summed E-state index contributed by atoms with van der Waals surface area (Å²) in [5.41, 5.74) is 3.76. The van der Waals surface area contributed by atoms with Crippen LogP contribution in [0.15, 0.2) is 58.1 Å². The third-order valence-electron chi connectivity index (χ3n) is 4.42. The molecule has 1 aromatic carbocycles. The summed E-state index contributed by atoms with van der Waals surface area (Å²) in [6.45, 7) is 2.36. The van der Waals surface area contributed by atoms with Gasteiger partial charge in [0.2, 0.25) is 0 Å². The number of pyridine rings is 1. The molecular formula is C19H17BrN4O. The van der Waals surface area contributed by atoms with Crippen molar-refractivity contribution in [2.45, 2.75) is 19.5 Å².